The topological polar surface area (TPSA) is 93.2 Å². The number of nitrogens with zero attached hydrogens (tertiary/aromatic N) is 2. The van der Waals surface area contributed by atoms with Gasteiger partial charge in [-0.25, -0.2) is 4.79 Å². The van der Waals surface area contributed by atoms with E-state index < -0.39 is 30.2 Å². The number of hydrogen-bond donors (Lipinski definition) is 0. The van der Waals surface area contributed by atoms with Crippen molar-refractivity contribution in [2.24, 2.45) is 5.92 Å². The lowest BCUT2D eigenvalue weighted by molar-refractivity contribution is -0.145. The Morgan fingerprint density at radius 2 is 1.75 bits per heavy atom. The number of amides is 2. The van der Waals surface area contributed by atoms with E-state index >= 15 is 0 Å². The highest BCUT2D eigenvalue weighted by molar-refractivity contribution is 6.08. The lowest BCUT2D eigenvalue weighted by Crippen LogP contribution is -2.40. The molecule has 1 atom stereocenters. The Morgan fingerprint density at radius 3 is 2.44 bits per heavy atom. The third kappa shape index (κ3) is 5.14. The van der Waals surface area contributed by atoms with Crippen molar-refractivity contribution in [3.8, 4) is 0 Å². The van der Waals surface area contributed by atoms with Gasteiger partial charge in [-0.15, -0.1) is 0 Å². The van der Waals surface area contributed by atoms with Gasteiger partial charge in [-0.1, -0.05) is 30.3 Å². The number of carbonyl (C=O) groups is 4. The first-order valence-electron chi connectivity index (χ1n) is 10.5. The molecule has 0 radical (unpaired) electrons. The number of benzene rings is 2. The molecule has 1 saturated heterocycles. The third-order valence-corrected chi connectivity index (χ3v) is 5.29. The minimum atomic E-state index is -0.665. The SMILES string of the molecule is CCOC(=O)CC(=O)N(CC1CCN(c2ccccc2)C1=O)c1ccccc1C(=O)OC. The van der Waals surface area contributed by atoms with Gasteiger partial charge in [0.05, 0.1) is 30.9 Å². The summed E-state index contributed by atoms with van der Waals surface area (Å²) in [6.07, 6.45) is 0.0456. The van der Waals surface area contributed by atoms with E-state index in [4.69, 9.17) is 9.47 Å². The fraction of sp³-hybridized carbons (Fsp3) is 0.333. The largest absolute Gasteiger partial charge is 0.466 e. The molecule has 0 aromatic heterocycles. The van der Waals surface area contributed by atoms with Gasteiger partial charge in [0.15, 0.2) is 0 Å². The van der Waals surface area contributed by atoms with Crippen molar-refractivity contribution >= 4 is 35.1 Å². The number of anilines is 2. The van der Waals surface area contributed by atoms with E-state index in [-0.39, 0.29) is 24.6 Å². The summed E-state index contributed by atoms with van der Waals surface area (Å²) >= 11 is 0. The van der Waals surface area contributed by atoms with Gasteiger partial charge in [-0.05, 0) is 37.6 Å². The number of carbonyl (C=O) groups excluding carboxylic acids is 4. The fourth-order valence-electron chi connectivity index (χ4n) is 3.75. The van der Waals surface area contributed by atoms with E-state index in [9.17, 15) is 19.2 Å². The van der Waals surface area contributed by atoms with Gasteiger partial charge >= 0.3 is 11.9 Å². The molecular weight excluding hydrogens is 412 g/mol. The normalized spacial score (nSPS) is 15.4. The summed E-state index contributed by atoms with van der Waals surface area (Å²) in [5.74, 6) is -2.42. The predicted octanol–water partition coefficient (Wildman–Crippen LogP) is 2.81. The van der Waals surface area contributed by atoms with Crippen LogP contribution >= 0.6 is 0 Å². The van der Waals surface area contributed by atoms with Gasteiger partial charge in [-0.2, -0.15) is 0 Å². The first kappa shape index (κ1) is 23.0. The summed E-state index contributed by atoms with van der Waals surface area (Å²) < 4.78 is 9.76. The van der Waals surface area contributed by atoms with Crippen molar-refractivity contribution in [1.82, 2.24) is 0 Å². The van der Waals surface area contributed by atoms with Gasteiger partial charge < -0.3 is 19.3 Å². The number of rotatable bonds is 8. The van der Waals surface area contributed by atoms with Crippen molar-refractivity contribution in [2.75, 3.05) is 36.6 Å². The molecule has 2 aromatic carbocycles. The van der Waals surface area contributed by atoms with Crippen LogP contribution < -0.4 is 9.80 Å². The molecule has 2 amide bonds. The van der Waals surface area contributed by atoms with Crippen LogP contribution in [-0.4, -0.2) is 50.6 Å². The molecule has 1 aliphatic heterocycles. The quantitative estimate of drug-likeness (QED) is 0.465. The second kappa shape index (κ2) is 10.6. The average Bonchev–Trinajstić information content (AvgIpc) is 3.17. The molecule has 1 heterocycles. The molecule has 1 aliphatic rings. The van der Waals surface area contributed by atoms with Crippen LogP contribution in [0.15, 0.2) is 54.6 Å². The maximum atomic E-state index is 13.1. The summed E-state index contributed by atoms with van der Waals surface area (Å²) in [4.78, 5) is 53.5. The Balaban J connectivity index is 1.89. The van der Waals surface area contributed by atoms with Gasteiger partial charge in [0, 0.05) is 18.8 Å². The van der Waals surface area contributed by atoms with Crippen molar-refractivity contribution < 1.29 is 28.7 Å². The Bertz CT molecular complexity index is 991. The zero-order valence-corrected chi connectivity index (χ0v) is 18.2. The van der Waals surface area contributed by atoms with Gasteiger partial charge in [0.25, 0.3) is 0 Å². The summed E-state index contributed by atoms with van der Waals surface area (Å²) in [5.41, 5.74) is 1.26. The fourth-order valence-corrected chi connectivity index (χ4v) is 3.75. The Hall–Kier alpha value is -3.68. The second-order valence-electron chi connectivity index (χ2n) is 7.31. The minimum absolute atomic E-state index is 0.0361. The second-order valence-corrected chi connectivity index (χ2v) is 7.31. The van der Waals surface area contributed by atoms with Crippen LogP contribution in [0.2, 0.25) is 0 Å². The molecule has 8 nitrogen and oxygen atoms in total. The number of hydrogen-bond acceptors (Lipinski definition) is 6. The van der Waals surface area contributed by atoms with Crippen LogP contribution in [0.4, 0.5) is 11.4 Å². The molecule has 0 N–H and O–H groups in total. The molecule has 0 bridgehead atoms. The minimum Gasteiger partial charge on any atom is -0.466 e. The zero-order chi connectivity index (χ0) is 23.1. The van der Waals surface area contributed by atoms with Gasteiger partial charge in [0.2, 0.25) is 11.8 Å². The van der Waals surface area contributed by atoms with E-state index in [2.05, 4.69) is 0 Å². The smallest absolute Gasteiger partial charge is 0.339 e. The van der Waals surface area contributed by atoms with E-state index in [1.807, 2.05) is 30.3 Å². The lowest BCUT2D eigenvalue weighted by atomic mass is 10.0. The molecule has 32 heavy (non-hydrogen) atoms. The maximum Gasteiger partial charge on any atom is 0.339 e. The monoisotopic (exact) mass is 438 g/mol. The Kier molecular flexibility index (Phi) is 7.59. The summed E-state index contributed by atoms with van der Waals surface area (Å²) in [6, 6.07) is 15.8. The molecule has 3 rings (SSSR count). The molecule has 8 heteroatoms. The van der Waals surface area contributed by atoms with Crippen LogP contribution in [0.5, 0.6) is 0 Å². The molecule has 0 saturated carbocycles. The molecule has 0 aliphatic carbocycles. The van der Waals surface area contributed by atoms with Crippen LogP contribution in [0.25, 0.3) is 0 Å². The summed E-state index contributed by atoms with van der Waals surface area (Å²) in [7, 11) is 1.25. The summed E-state index contributed by atoms with van der Waals surface area (Å²) in [6.45, 7) is 2.36. The number of methoxy groups -OCH3 is 1. The molecule has 0 spiro atoms. The highest BCUT2D eigenvalue weighted by atomic mass is 16.5. The number of esters is 2. The van der Waals surface area contributed by atoms with Crippen LogP contribution in [0.1, 0.15) is 30.1 Å². The molecular formula is C24H26N2O6. The average molecular weight is 438 g/mol. The molecule has 1 unspecified atom stereocenters. The lowest BCUT2D eigenvalue weighted by Gasteiger charge is -2.27. The van der Waals surface area contributed by atoms with Crippen LogP contribution in [0, 0.1) is 5.92 Å². The predicted molar refractivity (Wildman–Crippen MR) is 118 cm³/mol. The highest BCUT2D eigenvalue weighted by Gasteiger charge is 2.36. The van der Waals surface area contributed by atoms with Crippen molar-refractivity contribution in [3.05, 3.63) is 60.2 Å². The Morgan fingerprint density at radius 1 is 1.06 bits per heavy atom. The standard InChI is InChI=1S/C24H26N2O6/c1-3-32-22(28)15-21(27)26(20-12-8-7-11-19(20)24(30)31-2)16-17-13-14-25(23(17)29)18-9-5-4-6-10-18/h4-12,17H,3,13-16H2,1-2H3. The first-order valence-corrected chi connectivity index (χ1v) is 10.5. The van der Waals surface area contributed by atoms with Gasteiger partial charge in [0.1, 0.15) is 6.42 Å². The zero-order valence-electron chi connectivity index (χ0n) is 18.2. The van der Waals surface area contributed by atoms with Crippen molar-refractivity contribution in [2.45, 2.75) is 19.8 Å². The first-order chi connectivity index (χ1) is 15.5. The van der Waals surface area contributed by atoms with Crippen LogP contribution in [-0.2, 0) is 23.9 Å². The van der Waals surface area contributed by atoms with E-state index in [0.717, 1.165) is 5.69 Å². The Labute approximate surface area is 186 Å². The van der Waals surface area contributed by atoms with Crippen molar-refractivity contribution in [3.63, 3.8) is 0 Å². The van der Waals surface area contributed by atoms with Gasteiger partial charge in [-0.3, -0.25) is 14.4 Å². The highest BCUT2D eigenvalue weighted by Crippen LogP contribution is 2.29. The van der Waals surface area contributed by atoms with E-state index in [1.165, 1.54) is 12.0 Å². The maximum absolute atomic E-state index is 13.1. The van der Waals surface area contributed by atoms with Crippen LogP contribution in [0.3, 0.4) is 0 Å². The summed E-state index contributed by atoms with van der Waals surface area (Å²) in [5, 5.41) is 0. The third-order valence-electron chi connectivity index (χ3n) is 5.29. The molecule has 168 valence electrons. The number of ether oxygens (including phenoxy) is 2. The van der Waals surface area contributed by atoms with Crippen molar-refractivity contribution in [1.29, 1.82) is 0 Å². The molecule has 1 fully saturated rings. The number of para-hydroxylation sites is 2. The van der Waals surface area contributed by atoms with E-state index in [0.29, 0.717) is 18.7 Å². The van der Waals surface area contributed by atoms with E-state index in [1.54, 1.807) is 36.1 Å². The molecule has 2 aromatic rings.